The molecule has 0 aromatic rings. The van der Waals surface area contributed by atoms with E-state index in [0.29, 0.717) is 6.42 Å². The van der Waals surface area contributed by atoms with Crippen molar-refractivity contribution in [2.45, 2.75) is 51.5 Å². The highest BCUT2D eigenvalue weighted by Crippen LogP contribution is 2.24. The van der Waals surface area contributed by atoms with Gasteiger partial charge in [-0.05, 0) is 39.5 Å². The average Bonchev–Trinajstić information content (AvgIpc) is 2.35. The fourth-order valence-electron chi connectivity index (χ4n) is 2.54. The van der Waals surface area contributed by atoms with Crippen LogP contribution in [-0.2, 0) is 14.4 Å². The van der Waals surface area contributed by atoms with Gasteiger partial charge >= 0.3 is 0 Å². The second kappa shape index (κ2) is 5.15. The fourth-order valence-corrected chi connectivity index (χ4v) is 2.54. The number of rotatable bonds is 2. The van der Waals surface area contributed by atoms with Crippen molar-refractivity contribution in [3.63, 3.8) is 0 Å². The second-order valence-corrected chi connectivity index (χ2v) is 5.70. The molecule has 2 rings (SSSR count). The molecule has 1 aliphatic carbocycles. The first-order valence-corrected chi connectivity index (χ1v) is 6.74. The van der Waals surface area contributed by atoms with Gasteiger partial charge in [-0.3, -0.25) is 19.7 Å². The number of carbonyl (C=O) groups excluding carboxylic acids is 3. The van der Waals surface area contributed by atoms with Gasteiger partial charge < -0.3 is 4.90 Å². The van der Waals surface area contributed by atoms with Crippen LogP contribution in [0.1, 0.15) is 46.0 Å². The summed E-state index contributed by atoms with van der Waals surface area (Å²) in [6.45, 7) is 3.30. The van der Waals surface area contributed by atoms with Gasteiger partial charge in [0.1, 0.15) is 12.1 Å². The van der Waals surface area contributed by atoms with Crippen molar-refractivity contribution in [1.29, 1.82) is 0 Å². The number of carbonyl (C=O) groups is 3. The van der Waals surface area contributed by atoms with Crippen molar-refractivity contribution in [3.8, 4) is 0 Å². The van der Waals surface area contributed by atoms with Crippen molar-refractivity contribution < 1.29 is 14.4 Å². The van der Waals surface area contributed by atoms with E-state index < -0.39 is 17.4 Å². The van der Waals surface area contributed by atoms with Crippen LogP contribution in [0.3, 0.4) is 0 Å². The third-order valence-corrected chi connectivity index (χ3v) is 3.85. The Hall–Kier alpha value is -1.65. The van der Waals surface area contributed by atoms with Gasteiger partial charge in [0.25, 0.3) is 5.91 Å². The third-order valence-electron chi connectivity index (χ3n) is 3.85. The Kier molecular flexibility index (Phi) is 3.73. The number of piperazine rings is 1. The van der Waals surface area contributed by atoms with E-state index in [0.717, 1.165) is 24.8 Å². The van der Waals surface area contributed by atoms with E-state index in [-0.39, 0.29) is 12.5 Å². The van der Waals surface area contributed by atoms with E-state index in [9.17, 15) is 14.4 Å². The lowest BCUT2D eigenvalue weighted by Gasteiger charge is -2.40. The van der Waals surface area contributed by atoms with Crippen molar-refractivity contribution in [3.05, 3.63) is 11.6 Å². The van der Waals surface area contributed by atoms with Crippen molar-refractivity contribution in [1.82, 2.24) is 10.2 Å². The summed E-state index contributed by atoms with van der Waals surface area (Å²) in [5.74, 6) is -0.952. The van der Waals surface area contributed by atoms with Gasteiger partial charge in [-0.1, -0.05) is 11.6 Å². The highest BCUT2D eigenvalue weighted by atomic mass is 16.2. The first-order valence-electron chi connectivity index (χ1n) is 6.74. The van der Waals surface area contributed by atoms with Gasteiger partial charge in [-0.15, -0.1) is 0 Å². The first kappa shape index (κ1) is 13.8. The van der Waals surface area contributed by atoms with Crippen LogP contribution in [0.25, 0.3) is 0 Å². The molecular formula is C14H20N2O3. The van der Waals surface area contributed by atoms with Gasteiger partial charge in [-0.2, -0.15) is 0 Å². The van der Waals surface area contributed by atoms with Crippen LogP contribution in [0.4, 0.5) is 0 Å². The van der Waals surface area contributed by atoms with Crippen molar-refractivity contribution in [2.24, 2.45) is 0 Å². The molecular weight excluding hydrogens is 244 g/mol. The molecule has 0 bridgehead atoms. The molecule has 1 heterocycles. The molecule has 0 spiro atoms. The Labute approximate surface area is 113 Å². The van der Waals surface area contributed by atoms with E-state index in [1.807, 2.05) is 0 Å². The summed E-state index contributed by atoms with van der Waals surface area (Å²) >= 11 is 0. The Morgan fingerprint density at radius 1 is 1.37 bits per heavy atom. The number of hydrogen-bond donors (Lipinski definition) is 1. The SMILES string of the molecule is CC1(C)C(=O)NC(=O)CN1C(=O)CC1=CCCCC1. The molecule has 0 unspecified atom stereocenters. The number of nitrogens with one attached hydrogen (secondary N) is 1. The number of hydrogen-bond acceptors (Lipinski definition) is 3. The zero-order valence-corrected chi connectivity index (χ0v) is 11.5. The van der Waals surface area contributed by atoms with E-state index in [1.54, 1.807) is 13.8 Å². The lowest BCUT2D eigenvalue weighted by molar-refractivity contribution is -0.155. The Morgan fingerprint density at radius 3 is 2.74 bits per heavy atom. The second-order valence-electron chi connectivity index (χ2n) is 5.70. The molecule has 1 fully saturated rings. The van der Waals surface area contributed by atoms with Crippen LogP contribution in [0.15, 0.2) is 11.6 Å². The van der Waals surface area contributed by atoms with Crippen LogP contribution < -0.4 is 5.32 Å². The number of allylic oxidation sites excluding steroid dienone is 1. The summed E-state index contributed by atoms with van der Waals surface area (Å²) in [6.07, 6.45) is 6.69. The normalized spacial score (nSPS) is 22.8. The summed E-state index contributed by atoms with van der Waals surface area (Å²) in [5, 5.41) is 2.27. The highest BCUT2D eigenvalue weighted by molar-refractivity contribution is 6.06. The summed E-state index contributed by atoms with van der Waals surface area (Å²) in [7, 11) is 0. The molecule has 0 atom stereocenters. The molecule has 0 radical (unpaired) electrons. The van der Waals surface area contributed by atoms with Crippen LogP contribution in [0, 0.1) is 0 Å². The van der Waals surface area contributed by atoms with Crippen LogP contribution >= 0.6 is 0 Å². The van der Waals surface area contributed by atoms with E-state index in [1.165, 1.54) is 11.3 Å². The highest BCUT2D eigenvalue weighted by Gasteiger charge is 2.43. The lowest BCUT2D eigenvalue weighted by Crippen LogP contribution is -2.65. The first-order chi connectivity index (χ1) is 8.91. The number of amides is 3. The molecule has 1 saturated heterocycles. The Morgan fingerprint density at radius 2 is 2.11 bits per heavy atom. The molecule has 1 aliphatic heterocycles. The fraction of sp³-hybridized carbons (Fsp3) is 0.643. The maximum atomic E-state index is 12.3. The van der Waals surface area contributed by atoms with Gasteiger partial charge in [0.05, 0.1) is 0 Å². The van der Waals surface area contributed by atoms with Crippen molar-refractivity contribution in [2.75, 3.05) is 6.54 Å². The van der Waals surface area contributed by atoms with Gasteiger partial charge in [0, 0.05) is 6.42 Å². The Bertz CT molecular complexity index is 452. The minimum Gasteiger partial charge on any atom is -0.319 e. The van der Waals surface area contributed by atoms with Gasteiger partial charge in [0.2, 0.25) is 11.8 Å². The lowest BCUT2D eigenvalue weighted by atomic mass is 9.94. The molecule has 0 saturated carbocycles. The Balaban J connectivity index is 2.10. The van der Waals surface area contributed by atoms with E-state index in [2.05, 4.69) is 11.4 Å². The van der Waals surface area contributed by atoms with Gasteiger partial charge in [-0.25, -0.2) is 0 Å². The standard InChI is InChI=1S/C14H20N2O3/c1-14(2)13(19)15-11(17)9-16(14)12(18)8-10-6-4-3-5-7-10/h6H,3-5,7-9H2,1-2H3,(H,15,17,19). The molecule has 19 heavy (non-hydrogen) atoms. The number of imide groups is 1. The topological polar surface area (TPSA) is 66.5 Å². The smallest absolute Gasteiger partial charge is 0.252 e. The third kappa shape index (κ3) is 2.85. The van der Waals surface area contributed by atoms with E-state index in [4.69, 9.17) is 0 Å². The van der Waals surface area contributed by atoms with E-state index >= 15 is 0 Å². The van der Waals surface area contributed by atoms with Crippen molar-refractivity contribution >= 4 is 17.7 Å². The molecule has 3 amide bonds. The average molecular weight is 264 g/mol. The molecule has 2 aliphatic rings. The summed E-state index contributed by atoms with van der Waals surface area (Å²) < 4.78 is 0. The summed E-state index contributed by atoms with van der Waals surface area (Å²) in [6, 6.07) is 0. The zero-order chi connectivity index (χ0) is 14.0. The van der Waals surface area contributed by atoms with Crippen LogP contribution in [0.2, 0.25) is 0 Å². The molecule has 0 aromatic heterocycles. The maximum absolute atomic E-state index is 12.3. The molecule has 0 aromatic carbocycles. The molecule has 5 nitrogen and oxygen atoms in total. The quantitative estimate of drug-likeness (QED) is 0.601. The number of nitrogens with zero attached hydrogens (tertiary/aromatic N) is 1. The maximum Gasteiger partial charge on any atom is 0.252 e. The largest absolute Gasteiger partial charge is 0.319 e. The minimum atomic E-state index is -0.958. The predicted molar refractivity (Wildman–Crippen MR) is 70.1 cm³/mol. The van der Waals surface area contributed by atoms with Gasteiger partial charge in [0.15, 0.2) is 0 Å². The molecule has 1 N–H and O–H groups in total. The zero-order valence-electron chi connectivity index (χ0n) is 11.5. The summed E-state index contributed by atoms with van der Waals surface area (Å²) in [4.78, 5) is 36.9. The van der Waals surface area contributed by atoms with Crippen LogP contribution in [0.5, 0.6) is 0 Å². The molecule has 104 valence electrons. The van der Waals surface area contributed by atoms with Crippen LogP contribution in [-0.4, -0.2) is 34.7 Å². The summed E-state index contributed by atoms with van der Waals surface area (Å²) in [5.41, 5.74) is 0.172. The molecule has 5 heteroatoms. The minimum absolute atomic E-state index is 0.0369. The predicted octanol–water partition coefficient (Wildman–Crippen LogP) is 1.14. The monoisotopic (exact) mass is 264 g/mol.